The Labute approximate surface area is 112 Å². The second-order valence-electron chi connectivity index (χ2n) is 4.91. The fourth-order valence-corrected chi connectivity index (χ4v) is 2.63. The van der Waals surface area contributed by atoms with E-state index in [0.717, 1.165) is 23.4 Å². The van der Waals surface area contributed by atoms with Crippen LogP contribution in [-0.2, 0) is 16.0 Å². The molecule has 0 spiro atoms. The maximum absolute atomic E-state index is 6.12. The first-order chi connectivity index (χ1) is 9.31. The first kappa shape index (κ1) is 12.6. The van der Waals surface area contributed by atoms with E-state index in [4.69, 9.17) is 20.2 Å². The van der Waals surface area contributed by atoms with E-state index in [9.17, 15) is 0 Å². The summed E-state index contributed by atoms with van der Waals surface area (Å²) in [5, 5.41) is 0. The number of imidazole rings is 1. The molecule has 2 N–H and O–H groups in total. The molecule has 5 nitrogen and oxygen atoms in total. The summed E-state index contributed by atoms with van der Waals surface area (Å²) in [5.41, 5.74) is 8.26. The average Bonchev–Trinajstić information content (AvgIpc) is 2.99. The van der Waals surface area contributed by atoms with Crippen LogP contribution in [0.15, 0.2) is 24.3 Å². The summed E-state index contributed by atoms with van der Waals surface area (Å²) in [7, 11) is 1.71. The van der Waals surface area contributed by atoms with Crippen molar-refractivity contribution in [3.63, 3.8) is 0 Å². The Morgan fingerprint density at radius 1 is 1.42 bits per heavy atom. The summed E-state index contributed by atoms with van der Waals surface area (Å²) in [6.45, 7) is 2.71. The Kier molecular flexibility index (Phi) is 3.50. The number of nitrogens with two attached hydrogens (primary N) is 1. The van der Waals surface area contributed by atoms with Gasteiger partial charge in [0.25, 0.3) is 0 Å². The molecule has 0 amide bonds. The monoisotopic (exact) mass is 261 g/mol. The highest BCUT2D eigenvalue weighted by molar-refractivity contribution is 5.76. The SMILES string of the molecule is COCCn1c(C2COCC2N)nc2ccccc21. The van der Waals surface area contributed by atoms with E-state index in [0.29, 0.717) is 19.8 Å². The number of hydrogen-bond acceptors (Lipinski definition) is 4. The summed E-state index contributed by atoms with van der Waals surface area (Å²) in [5.74, 6) is 1.19. The normalized spacial score (nSPS) is 23.3. The van der Waals surface area contributed by atoms with Crippen LogP contribution in [0.5, 0.6) is 0 Å². The van der Waals surface area contributed by atoms with Crippen molar-refractivity contribution in [3.8, 4) is 0 Å². The van der Waals surface area contributed by atoms with Gasteiger partial charge in [-0.3, -0.25) is 0 Å². The lowest BCUT2D eigenvalue weighted by Gasteiger charge is -2.15. The van der Waals surface area contributed by atoms with E-state index in [1.165, 1.54) is 0 Å². The van der Waals surface area contributed by atoms with E-state index in [1.807, 2.05) is 18.2 Å². The van der Waals surface area contributed by atoms with Gasteiger partial charge in [-0.25, -0.2) is 4.98 Å². The number of rotatable bonds is 4. The summed E-state index contributed by atoms with van der Waals surface area (Å²) in [4.78, 5) is 4.75. The molecule has 19 heavy (non-hydrogen) atoms. The fraction of sp³-hybridized carbons (Fsp3) is 0.500. The number of methoxy groups -OCH3 is 1. The highest BCUT2D eigenvalue weighted by Crippen LogP contribution is 2.27. The van der Waals surface area contributed by atoms with Crippen LogP contribution < -0.4 is 5.73 Å². The molecule has 1 aliphatic heterocycles. The van der Waals surface area contributed by atoms with Crippen molar-refractivity contribution >= 4 is 11.0 Å². The Morgan fingerprint density at radius 3 is 3.00 bits per heavy atom. The summed E-state index contributed by atoms with van der Waals surface area (Å²) in [6.07, 6.45) is 0. The van der Waals surface area contributed by atoms with Gasteiger partial charge in [0.15, 0.2) is 0 Å². The zero-order valence-electron chi connectivity index (χ0n) is 11.1. The van der Waals surface area contributed by atoms with Gasteiger partial charge < -0.3 is 19.8 Å². The second kappa shape index (κ2) is 5.28. The summed E-state index contributed by atoms with van der Waals surface area (Å²) < 4.78 is 12.9. The molecular formula is C14H19N3O2. The molecule has 2 atom stereocenters. The molecule has 1 aliphatic rings. The van der Waals surface area contributed by atoms with Crippen LogP contribution in [0.2, 0.25) is 0 Å². The largest absolute Gasteiger partial charge is 0.383 e. The maximum atomic E-state index is 6.12. The molecule has 2 heterocycles. The molecule has 0 radical (unpaired) electrons. The van der Waals surface area contributed by atoms with Crippen molar-refractivity contribution in [2.75, 3.05) is 26.9 Å². The van der Waals surface area contributed by atoms with E-state index in [1.54, 1.807) is 7.11 Å². The first-order valence-electron chi connectivity index (χ1n) is 6.58. The van der Waals surface area contributed by atoms with Gasteiger partial charge in [-0.15, -0.1) is 0 Å². The lowest BCUT2D eigenvalue weighted by atomic mass is 10.0. The van der Waals surface area contributed by atoms with Crippen molar-refractivity contribution in [1.82, 2.24) is 9.55 Å². The van der Waals surface area contributed by atoms with Gasteiger partial charge in [0.1, 0.15) is 5.82 Å². The highest BCUT2D eigenvalue weighted by atomic mass is 16.5. The molecule has 1 fully saturated rings. The van der Waals surface area contributed by atoms with Gasteiger partial charge in [-0.1, -0.05) is 12.1 Å². The summed E-state index contributed by atoms with van der Waals surface area (Å²) >= 11 is 0. The Bertz CT molecular complexity index is 567. The van der Waals surface area contributed by atoms with Gasteiger partial charge in [-0.05, 0) is 12.1 Å². The van der Waals surface area contributed by atoms with Crippen LogP contribution in [-0.4, -0.2) is 42.5 Å². The third-order valence-corrected chi connectivity index (χ3v) is 3.66. The van der Waals surface area contributed by atoms with Crippen LogP contribution in [0.4, 0.5) is 0 Å². The third-order valence-electron chi connectivity index (χ3n) is 3.66. The fourth-order valence-electron chi connectivity index (χ4n) is 2.63. The first-order valence-corrected chi connectivity index (χ1v) is 6.58. The van der Waals surface area contributed by atoms with Gasteiger partial charge >= 0.3 is 0 Å². The molecule has 1 aromatic heterocycles. The molecule has 1 saturated heterocycles. The van der Waals surface area contributed by atoms with Gasteiger partial charge in [0.2, 0.25) is 0 Å². The zero-order valence-corrected chi connectivity index (χ0v) is 11.1. The molecule has 0 aliphatic carbocycles. The number of nitrogens with zero attached hydrogens (tertiary/aromatic N) is 2. The number of ether oxygens (including phenoxy) is 2. The average molecular weight is 261 g/mol. The Balaban J connectivity index is 2.06. The van der Waals surface area contributed by atoms with E-state index >= 15 is 0 Å². The highest BCUT2D eigenvalue weighted by Gasteiger charge is 2.30. The lowest BCUT2D eigenvalue weighted by molar-refractivity contribution is 0.183. The Hall–Kier alpha value is -1.43. The number of para-hydroxylation sites is 2. The number of fused-ring (bicyclic) bond motifs is 1. The number of aromatic nitrogens is 2. The number of hydrogen-bond donors (Lipinski definition) is 1. The van der Waals surface area contributed by atoms with Crippen molar-refractivity contribution in [1.29, 1.82) is 0 Å². The van der Waals surface area contributed by atoms with E-state index < -0.39 is 0 Å². The predicted molar refractivity (Wildman–Crippen MR) is 73.1 cm³/mol. The minimum atomic E-state index is 0.0260. The van der Waals surface area contributed by atoms with Crippen molar-refractivity contribution < 1.29 is 9.47 Å². The molecule has 0 bridgehead atoms. The third kappa shape index (κ3) is 2.25. The summed E-state index contributed by atoms with van der Waals surface area (Å²) in [6, 6.07) is 8.18. The van der Waals surface area contributed by atoms with Crippen LogP contribution in [0.3, 0.4) is 0 Å². The smallest absolute Gasteiger partial charge is 0.117 e. The maximum Gasteiger partial charge on any atom is 0.117 e. The molecule has 5 heteroatoms. The quantitative estimate of drug-likeness (QED) is 0.896. The predicted octanol–water partition coefficient (Wildman–Crippen LogP) is 1.12. The molecule has 3 rings (SSSR count). The molecule has 0 saturated carbocycles. The minimum Gasteiger partial charge on any atom is -0.383 e. The van der Waals surface area contributed by atoms with Crippen LogP contribution in [0.1, 0.15) is 11.7 Å². The molecule has 102 valence electrons. The van der Waals surface area contributed by atoms with Crippen LogP contribution in [0.25, 0.3) is 11.0 Å². The van der Waals surface area contributed by atoms with Crippen molar-refractivity contribution in [2.24, 2.45) is 5.73 Å². The van der Waals surface area contributed by atoms with E-state index in [-0.39, 0.29) is 12.0 Å². The topological polar surface area (TPSA) is 62.3 Å². The minimum absolute atomic E-state index is 0.0260. The Morgan fingerprint density at radius 2 is 2.26 bits per heavy atom. The zero-order chi connectivity index (χ0) is 13.2. The van der Waals surface area contributed by atoms with Crippen LogP contribution in [0, 0.1) is 0 Å². The standard InChI is InChI=1S/C14H19N3O2/c1-18-7-6-17-13-5-3-2-4-12(13)16-14(17)10-8-19-9-11(10)15/h2-5,10-11H,6-9,15H2,1H3. The van der Waals surface area contributed by atoms with Crippen molar-refractivity contribution in [2.45, 2.75) is 18.5 Å². The van der Waals surface area contributed by atoms with Crippen molar-refractivity contribution in [3.05, 3.63) is 30.1 Å². The van der Waals surface area contributed by atoms with Gasteiger partial charge in [0.05, 0.1) is 36.8 Å². The van der Waals surface area contributed by atoms with E-state index in [2.05, 4.69) is 10.6 Å². The number of benzene rings is 1. The molecule has 1 aromatic carbocycles. The second-order valence-corrected chi connectivity index (χ2v) is 4.91. The van der Waals surface area contributed by atoms with Crippen LogP contribution >= 0.6 is 0 Å². The lowest BCUT2D eigenvalue weighted by Crippen LogP contribution is -2.29. The molecule has 2 aromatic rings. The van der Waals surface area contributed by atoms with Gasteiger partial charge in [0, 0.05) is 19.7 Å². The molecule has 2 unspecified atom stereocenters. The molecular weight excluding hydrogens is 242 g/mol. The van der Waals surface area contributed by atoms with Gasteiger partial charge in [-0.2, -0.15) is 0 Å².